The van der Waals surface area contributed by atoms with Crippen molar-refractivity contribution < 1.29 is 4.74 Å². The molecule has 0 aromatic heterocycles. The molecule has 1 aliphatic heterocycles. The van der Waals surface area contributed by atoms with Crippen LogP contribution >= 0.6 is 15.9 Å². The van der Waals surface area contributed by atoms with Gasteiger partial charge >= 0.3 is 0 Å². The van der Waals surface area contributed by atoms with Crippen LogP contribution in [0.3, 0.4) is 0 Å². The first-order valence-electron chi connectivity index (χ1n) is 4.11. The molecule has 0 saturated carbocycles. The molecule has 13 heavy (non-hydrogen) atoms. The molecule has 0 unspecified atom stereocenters. The first-order chi connectivity index (χ1) is 6.20. The van der Waals surface area contributed by atoms with E-state index in [2.05, 4.69) is 20.8 Å². The quantitative estimate of drug-likeness (QED) is 0.545. The summed E-state index contributed by atoms with van der Waals surface area (Å²) in [6.07, 6.45) is 3.51. The van der Waals surface area contributed by atoms with E-state index in [1.807, 2.05) is 0 Å². The van der Waals surface area contributed by atoms with Crippen molar-refractivity contribution in [2.45, 2.75) is 0 Å². The third-order valence-corrected chi connectivity index (χ3v) is 2.05. The number of nitrogens with zero attached hydrogens (tertiary/aromatic N) is 1. The summed E-state index contributed by atoms with van der Waals surface area (Å²) in [7, 11) is 0. The Morgan fingerprint density at radius 2 is 1.85 bits per heavy atom. The van der Waals surface area contributed by atoms with E-state index < -0.39 is 0 Å². The molecule has 1 rings (SSSR count). The van der Waals surface area contributed by atoms with Crippen LogP contribution in [0, 0.1) is 0 Å². The maximum Gasteiger partial charge on any atom is 0.0988 e. The second kappa shape index (κ2) is 5.14. The third-order valence-electron chi connectivity index (χ3n) is 1.79. The van der Waals surface area contributed by atoms with Crippen LogP contribution in [-0.2, 0) is 4.74 Å². The van der Waals surface area contributed by atoms with Gasteiger partial charge in [-0.2, -0.15) is 0 Å². The van der Waals surface area contributed by atoms with Gasteiger partial charge in [0.05, 0.1) is 23.6 Å². The standard InChI is InChI=1S/C8H14BrN3O/c9-7(10)1-2-8(11)12-3-5-13-6-4-12/h1-2H,3-6,10-11H2/b7-1-,8-2+. The van der Waals surface area contributed by atoms with Gasteiger partial charge in [-0.3, -0.25) is 0 Å². The Labute approximate surface area is 86.3 Å². The van der Waals surface area contributed by atoms with Crippen molar-refractivity contribution in [3.05, 3.63) is 22.6 Å². The molecule has 0 bridgehead atoms. The molecular weight excluding hydrogens is 234 g/mol. The van der Waals surface area contributed by atoms with Crippen molar-refractivity contribution in [2.24, 2.45) is 11.5 Å². The smallest absolute Gasteiger partial charge is 0.0988 e. The van der Waals surface area contributed by atoms with Gasteiger partial charge in [-0.05, 0) is 28.1 Å². The zero-order chi connectivity index (χ0) is 9.68. The molecule has 1 saturated heterocycles. The van der Waals surface area contributed by atoms with Crippen molar-refractivity contribution in [3.63, 3.8) is 0 Å². The van der Waals surface area contributed by atoms with Gasteiger partial charge in [0.1, 0.15) is 0 Å². The lowest BCUT2D eigenvalue weighted by atomic mass is 10.4. The third kappa shape index (κ3) is 3.69. The first kappa shape index (κ1) is 10.4. The van der Waals surface area contributed by atoms with Gasteiger partial charge in [0.25, 0.3) is 0 Å². The highest BCUT2D eigenvalue weighted by Gasteiger charge is 2.09. The predicted molar refractivity (Wildman–Crippen MR) is 55.9 cm³/mol. The van der Waals surface area contributed by atoms with Crippen molar-refractivity contribution in [1.82, 2.24) is 4.90 Å². The molecule has 0 aliphatic carbocycles. The van der Waals surface area contributed by atoms with Crippen LogP contribution in [0.5, 0.6) is 0 Å². The fourth-order valence-corrected chi connectivity index (χ4v) is 1.22. The summed E-state index contributed by atoms with van der Waals surface area (Å²) in [6, 6.07) is 0. The monoisotopic (exact) mass is 247 g/mol. The topological polar surface area (TPSA) is 64.5 Å². The van der Waals surface area contributed by atoms with Crippen molar-refractivity contribution in [2.75, 3.05) is 26.3 Å². The largest absolute Gasteiger partial charge is 0.393 e. The number of hydrogen-bond acceptors (Lipinski definition) is 4. The molecule has 0 amide bonds. The normalized spacial score (nSPS) is 20.5. The zero-order valence-electron chi connectivity index (χ0n) is 7.37. The molecule has 0 aromatic carbocycles. The number of hydrogen-bond donors (Lipinski definition) is 2. The number of rotatable bonds is 2. The predicted octanol–water partition coefficient (Wildman–Crippen LogP) is 0.314. The molecule has 4 N–H and O–H groups in total. The van der Waals surface area contributed by atoms with E-state index in [-0.39, 0.29) is 0 Å². The first-order valence-corrected chi connectivity index (χ1v) is 4.90. The second-order valence-electron chi connectivity index (χ2n) is 2.74. The summed E-state index contributed by atoms with van der Waals surface area (Å²) in [5.41, 5.74) is 11.2. The fraction of sp³-hybridized carbons (Fsp3) is 0.500. The number of nitrogens with two attached hydrogens (primary N) is 2. The summed E-state index contributed by atoms with van der Waals surface area (Å²) >= 11 is 3.12. The van der Waals surface area contributed by atoms with Crippen molar-refractivity contribution >= 4 is 15.9 Å². The van der Waals surface area contributed by atoms with Crippen LogP contribution in [0.25, 0.3) is 0 Å². The Balaban J connectivity index is 2.49. The SMILES string of the molecule is N/C(Br)=C\C=C(/N)N1CCOCC1. The molecule has 1 aliphatic rings. The lowest BCUT2D eigenvalue weighted by Gasteiger charge is -2.28. The lowest BCUT2D eigenvalue weighted by molar-refractivity contribution is 0.0530. The van der Waals surface area contributed by atoms with E-state index in [9.17, 15) is 0 Å². The second-order valence-corrected chi connectivity index (χ2v) is 3.66. The molecule has 1 fully saturated rings. The Hall–Kier alpha value is -0.680. The van der Waals surface area contributed by atoms with E-state index >= 15 is 0 Å². The van der Waals surface area contributed by atoms with Gasteiger partial charge in [-0.25, -0.2) is 0 Å². The van der Waals surface area contributed by atoms with E-state index in [4.69, 9.17) is 16.2 Å². The van der Waals surface area contributed by atoms with Crippen LogP contribution in [0.15, 0.2) is 22.6 Å². The number of ether oxygens (including phenoxy) is 1. The Kier molecular flexibility index (Phi) is 4.11. The number of halogens is 1. The number of allylic oxidation sites excluding steroid dienone is 2. The van der Waals surface area contributed by atoms with E-state index in [1.54, 1.807) is 12.2 Å². The summed E-state index contributed by atoms with van der Waals surface area (Å²) < 4.78 is 5.77. The molecule has 4 nitrogen and oxygen atoms in total. The molecule has 0 spiro atoms. The Bertz CT molecular complexity index is 217. The molecule has 1 heterocycles. The average Bonchev–Trinajstić information content (AvgIpc) is 2.15. The summed E-state index contributed by atoms with van der Waals surface area (Å²) in [6.45, 7) is 3.17. The minimum Gasteiger partial charge on any atom is -0.393 e. The van der Waals surface area contributed by atoms with Crippen LogP contribution in [0.4, 0.5) is 0 Å². The molecular formula is C8H14BrN3O. The Morgan fingerprint density at radius 1 is 1.23 bits per heavy atom. The van der Waals surface area contributed by atoms with E-state index in [1.165, 1.54) is 0 Å². The van der Waals surface area contributed by atoms with Gasteiger partial charge in [0.15, 0.2) is 0 Å². The molecule has 0 atom stereocenters. The van der Waals surface area contributed by atoms with Crippen molar-refractivity contribution in [1.29, 1.82) is 0 Å². The van der Waals surface area contributed by atoms with Gasteiger partial charge in [-0.15, -0.1) is 0 Å². The summed E-state index contributed by atoms with van der Waals surface area (Å²) in [4.78, 5) is 2.07. The van der Waals surface area contributed by atoms with Crippen LogP contribution < -0.4 is 11.5 Å². The van der Waals surface area contributed by atoms with Gasteiger partial charge < -0.3 is 21.1 Å². The van der Waals surface area contributed by atoms with Gasteiger partial charge in [0.2, 0.25) is 0 Å². The molecule has 0 radical (unpaired) electrons. The molecule has 5 heteroatoms. The average molecular weight is 248 g/mol. The zero-order valence-corrected chi connectivity index (χ0v) is 8.96. The minimum atomic E-state index is 0.573. The van der Waals surface area contributed by atoms with Crippen LogP contribution in [0.2, 0.25) is 0 Å². The van der Waals surface area contributed by atoms with E-state index in [0.717, 1.165) is 32.1 Å². The fourth-order valence-electron chi connectivity index (χ4n) is 1.09. The van der Waals surface area contributed by atoms with E-state index in [0.29, 0.717) is 4.61 Å². The molecule has 74 valence electrons. The molecule has 0 aromatic rings. The summed E-state index contributed by atoms with van der Waals surface area (Å²) in [5.74, 6) is 0.728. The minimum absolute atomic E-state index is 0.573. The highest BCUT2D eigenvalue weighted by Crippen LogP contribution is 2.03. The van der Waals surface area contributed by atoms with Crippen LogP contribution in [-0.4, -0.2) is 31.2 Å². The van der Waals surface area contributed by atoms with Gasteiger partial charge in [-0.1, -0.05) is 0 Å². The highest BCUT2D eigenvalue weighted by atomic mass is 79.9. The van der Waals surface area contributed by atoms with Crippen molar-refractivity contribution in [3.8, 4) is 0 Å². The lowest BCUT2D eigenvalue weighted by Crippen LogP contribution is -2.38. The maximum atomic E-state index is 5.81. The summed E-state index contributed by atoms with van der Waals surface area (Å²) in [5, 5.41) is 0. The number of morpholine rings is 1. The van der Waals surface area contributed by atoms with Gasteiger partial charge in [0, 0.05) is 13.1 Å². The Morgan fingerprint density at radius 3 is 2.38 bits per heavy atom. The maximum absolute atomic E-state index is 5.81. The highest BCUT2D eigenvalue weighted by molar-refractivity contribution is 9.11. The van der Waals surface area contributed by atoms with Crippen LogP contribution in [0.1, 0.15) is 0 Å².